The van der Waals surface area contributed by atoms with Crippen LogP contribution in [0.2, 0.25) is 5.02 Å². The summed E-state index contributed by atoms with van der Waals surface area (Å²) in [4.78, 5) is 47.3. The lowest BCUT2D eigenvalue weighted by atomic mass is 9.89. The number of piperidine rings is 1. The molecule has 10 heteroatoms. The Kier molecular flexibility index (Phi) is 11.0. The van der Waals surface area contributed by atoms with Gasteiger partial charge in [0.05, 0.1) is 18.8 Å². The minimum Gasteiger partial charge on any atom is -0.434 e. The molecule has 3 aromatic rings. The van der Waals surface area contributed by atoms with Crippen molar-refractivity contribution in [3.05, 3.63) is 65.0 Å². The van der Waals surface area contributed by atoms with E-state index in [-0.39, 0.29) is 35.9 Å². The minimum atomic E-state index is -0.641. The van der Waals surface area contributed by atoms with Gasteiger partial charge in [-0.25, -0.2) is 4.98 Å². The fraction of sp³-hybridized carbons (Fsp3) is 0.515. The van der Waals surface area contributed by atoms with E-state index in [2.05, 4.69) is 10.3 Å². The highest BCUT2D eigenvalue weighted by atomic mass is 35.5. The first-order valence-corrected chi connectivity index (χ1v) is 15.8. The summed E-state index contributed by atoms with van der Waals surface area (Å²) < 4.78 is 12.0. The Labute approximate surface area is 257 Å². The van der Waals surface area contributed by atoms with E-state index in [1.165, 1.54) is 0 Å². The maximum Gasteiger partial charge on any atom is 0.264 e. The number of fused-ring (bicyclic) bond motifs is 1. The number of ether oxygens (including phenoxy) is 1. The Bertz CT molecular complexity index is 1350. The molecule has 2 aliphatic heterocycles. The number of likely N-dealkylation sites (tertiary alicyclic amines) is 1. The molecule has 1 aromatic heterocycles. The molecule has 0 spiro atoms. The van der Waals surface area contributed by atoms with E-state index in [0.29, 0.717) is 67.4 Å². The quantitative estimate of drug-likeness (QED) is 0.194. The van der Waals surface area contributed by atoms with E-state index < -0.39 is 12.0 Å². The molecule has 3 atom stereocenters. The Morgan fingerprint density at radius 1 is 1.09 bits per heavy atom. The molecule has 2 aliphatic rings. The monoisotopic (exact) mass is 608 g/mol. The fourth-order valence-electron chi connectivity index (χ4n) is 6.14. The van der Waals surface area contributed by atoms with E-state index in [1.54, 1.807) is 17.0 Å². The van der Waals surface area contributed by atoms with Gasteiger partial charge in [-0.1, -0.05) is 42.3 Å². The molecule has 2 saturated heterocycles. The third kappa shape index (κ3) is 8.29. The standard InChI is InChI=1S/C33H41ClN4O5/c34-25-10-8-23(9-11-25)21-42-26-19-28(38(20-26)31(40)17-22-12-15-36-16-13-22)29(39)18-24(5-3-4-14-35)32(41)33-37-27-6-1-2-7-30(27)43-33/h1-2,6-11,22,24,26,28,36H,3-5,12-21,35H2/t24-,26-,28+/m1/s1. The average molecular weight is 609 g/mol. The summed E-state index contributed by atoms with van der Waals surface area (Å²) in [5.74, 6) is -0.735. The second kappa shape index (κ2) is 15.1. The number of nitrogens with zero attached hydrogens (tertiary/aromatic N) is 2. The van der Waals surface area contributed by atoms with E-state index in [1.807, 2.05) is 36.4 Å². The Hall–Kier alpha value is -3.11. The summed E-state index contributed by atoms with van der Waals surface area (Å²) in [6, 6.07) is 14.0. The van der Waals surface area contributed by atoms with Gasteiger partial charge in [0.2, 0.25) is 11.7 Å². The van der Waals surface area contributed by atoms with Gasteiger partial charge in [-0.05, 0) is 81.1 Å². The number of Topliss-reactive ketones (excluding diaryl/α,β-unsaturated/α-hetero) is 2. The van der Waals surface area contributed by atoms with Crippen LogP contribution in [0.15, 0.2) is 52.9 Å². The van der Waals surface area contributed by atoms with Crippen LogP contribution in [0.4, 0.5) is 0 Å². The topological polar surface area (TPSA) is 128 Å². The summed E-state index contributed by atoms with van der Waals surface area (Å²) in [6.45, 7) is 3.01. The number of hydrogen-bond acceptors (Lipinski definition) is 8. The molecule has 0 radical (unpaired) electrons. The highest BCUT2D eigenvalue weighted by Crippen LogP contribution is 2.30. The lowest BCUT2D eigenvalue weighted by molar-refractivity contribution is -0.139. The number of nitrogens with two attached hydrogens (primary N) is 1. The van der Waals surface area contributed by atoms with Gasteiger partial charge in [-0.2, -0.15) is 0 Å². The van der Waals surface area contributed by atoms with E-state index >= 15 is 0 Å². The zero-order valence-corrected chi connectivity index (χ0v) is 25.3. The number of ketones is 2. The zero-order valence-electron chi connectivity index (χ0n) is 24.5. The van der Waals surface area contributed by atoms with Crippen molar-refractivity contribution < 1.29 is 23.5 Å². The third-order valence-corrected chi connectivity index (χ3v) is 8.86. The average Bonchev–Trinajstić information content (AvgIpc) is 3.66. The van der Waals surface area contributed by atoms with Gasteiger partial charge in [-0.15, -0.1) is 0 Å². The normalized spacial score (nSPS) is 20.0. The van der Waals surface area contributed by atoms with Crippen molar-refractivity contribution in [1.82, 2.24) is 15.2 Å². The van der Waals surface area contributed by atoms with Crippen LogP contribution < -0.4 is 11.1 Å². The summed E-state index contributed by atoms with van der Waals surface area (Å²) in [5, 5.41) is 3.99. The molecule has 2 aromatic carbocycles. The highest BCUT2D eigenvalue weighted by Gasteiger charge is 2.41. The molecule has 1 amide bonds. The number of carbonyl (C=O) groups is 3. The first kappa shape index (κ1) is 31.3. The van der Waals surface area contributed by atoms with Crippen molar-refractivity contribution in [3.63, 3.8) is 0 Å². The van der Waals surface area contributed by atoms with Crippen molar-refractivity contribution in [2.24, 2.45) is 17.6 Å². The molecule has 0 unspecified atom stereocenters. The zero-order chi connectivity index (χ0) is 30.2. The summed E-state index contributed by atoms with van der Waals surface area (Å²) in [7, 11) is 0. The summed E-state index contributed by atoms with van der Waals surface area (Å²) in [5.41, 5.74) is 7.82. The molecule has 5 rings (SSSR count). The molecule has 0 saturated carbocycles. The van der Waals surface area contributed by atoms with Crippen molar-refractivity contribution in [2.75, 3.05) is 26.2 Å². The molecule has 0 bridgehead atoms. The number of nitrogens with one attached hydrogen (secondary N) is 1. The molecular formula is C33H41ClN4O5. The van der Waals surface area contributed by atoms with Gasteiger partial charge >= 0.3 is 0 Å². The predicted octanol–water partition coefficient (Wildman–Crippen LogP) is 4.94. The van der Waals surface area contributed by atoms with Crippen LogP contribution in [0.25, 0.3) is 11.1 Å². The molecule has 43 heavy (non-hydrogen) atoms. The van der Waals surface area contributed by atoms with Gasteiger partial charge in [-0.3, -0.25) is 14.4 Å². The Morgan fingerprint density at radius 3 is 2.60 bits per heavy atom. The molecule has 3 N–H and O–H groups in total. The third-order valence-electron chi connectivity index (χ3n) is 8.61. The van der Waals surface area contributed by atoms with Gasteiger partial charge < -0.3 is 25.1 Å². The van der Waals surface area contributed by atoms with Crippen LogP contribution in [0.3, 0.4) is 0 Å². The first-order chi connectivity index (χ1) is 20.9. The van der Waals surface area contributed by atoms with Crippen molar-refractivity contribution >= 4 is 40.2 Å². The van der Waals surface area contributed by atoms with Crippen LogP contribution >= 0.6 is 11.6 Å². The highest BCUT2D eigenvalue weighted by molar-refractivity contribution is 6.30. The van der Waals surface area contributed by atoms with Crippen LogP contribution in [0.5, 0.6) is 0 Å². The minimum absolute atomic E-state index is 0.00777. The number of amides is 1. The first-order valence-electron chi connectivity index (χ1n) is 15.4. The maximum atomic E-state index is 14.0. The fourth-order valence-corrected chi connectivity index (χ4v) is 6.26. The largest absolute Gasteiger partial charge is 0.434 e. The van der Waals surface area contributed by atoms with Crippen LogP contribution in [-0.2, 0) is 20.9 Å². The molecule has 3 heterocycles. The number of carbonyl (C=O) groups excluding carboxylic acids is 3. The number of benzene rings is 2. The van der Waals surface area contributed by atoms with Gasteiger partial charge in [0.1, 0.15) is 5.52 Å². The van der Waals surface area contributed by atoms with E-state index in [4.69, 9.17) is 26.5 Å². The molecule has 9 nitrogen and oxygen atoms in total. The van der Waals surface area contributed by atoms with Crippen LogP contribution in [0, 0.1) is 11.8 Å². The van der Waals surface area contributed by atoms with E-state index in [9.17, 15) is 14.4 Å². The van der Waals surface area contributed by atoms with Gasteiger partial charge in [0.25, 0.3) is 5.89 Å². The van der Waals surface area contributed by atoms with Crippen molar-refractivity contribution in [2.45, 2.75) is 70.1 Å². The van der Waals surface area contributed by atoms with Crippen LogP contribution in [-0.4, -0.2) is 65.7 Å². The maximum absolute atomic E-state index is 14.0. The summed E-state index contributed by atoms with van der Waals surface area (Å²) in [6.07, 6.45) is 4.36. The molecule has 230 valence electrons. The molecule has 0 aliphatic carbocycles. The number of halogens is 1. The number of para-hydroxylation sites is 2. The number of aromatic nitrogens is 1. The molecular weight excluding hydrogens is 568 g/mol. The van der Waals surface area contributed by atoms with Gasteiger partial charge in [0, 0.05) is 36.7 Å². The second-order valence-electron chi connectivity index (χ2n) is 11.8. The Balaban J connectivity index is 1.31. The lowest BCUT2D eigenvalue weighted by Gasteiger charge is -2.28. The molecule has 2 fully saturated rings. The number of oxazole rings is 1. The lowest BCUT2D eigenvalue weighted by Crippen LogP contribution is -2.43. The number of hydrogen-bond donors (Lipinski definition) is 2. The SMILES string of the molecule is NCCCC[C@H](CC(=O)[C@@H]1C[C@@H](OCc2ccc(Cl)cc2)CN1C(=O)CC1CCNCC1)C(=O)c1nc2ccccc2o1. The number of unbranched alkanes of at least 4 members (excludes halogenated alkanes) is 1. The Morgan fingerprint density at radius 2 is 1.86 bits per heavy atom. The van der Waals surface area contributed by atoms with Crippen molar-refractivity contribution in [3.8, 4) is 0 Å². The summed E-state index contributed by atoms with van der Waals surface area (Å²) >= 11 is 6.02. The van der Waals surface area contributed by atoms with Crippen LogP contribution in [0.1, 0.15) is 67.6 Å². The second-order valence-corrected chi connectivity index (χ2v) is 12.2. The number of rotatable bonds is 14. The van der Waals surface area contributed by atoms with E-state index in [0.717, 1.165) is 37.9 Å². The smallest absolute Gasteiger partial charge is 0.264 e. The predicted molar refractivity (Wildman–Crippen MR) is 165 cm³/mol. The van der Waals surface area contributed by atoms with Gasteiger partial charge in [0.15, 0.2) is 11.4 Å². The van der Waals surface area contributed by atoms with Crippen molar-refractivity contribution in [1.29, 1.82) is 0 Å².